The SMILES string of the molecule is C=CCC(C(=O)NS(=O)(=O)c1ccc2ccccc2c1)C(=O)N(CC)c1ccccc1. The van der Waals surface area contributed by atoms with E-state index in [2.05, 4.69) is 11.3 Å². The van der Waals surface area contributed by atoms with Crippen LogP contribution in [0.5, 0.6) is 0 Å². The second-order valence-electron chi connectivity index (χ2n) is 6.97. The third kappa shape index (κ3) is 5.00. The maximum absolute atomic E-state index is 13.1. The molecule has 0 aliphatic heterocycles. The predicted octanol–water partition coefficient (Wildman–Crippen LogP) is 3.89. The van der Waals surface area contributed by atoms with Crippen molar-refractivity contribution in [2.24, 2.45) is 5.92 Å². The maximum Gasteiger partial charge on any atom is 0.264 e. The Hall–Kier alpha value is -3.45. The van der Waals surface area contributed by atoms with Crippen molar-refractivity contribution in [3.8, 4) is 0 Å². The van der Waals surface area contributed by atoms with Crippen molar-refractivity contribution in [1.82, 2.24) is 4.72 Å². The number of carbonyl (C=O) groups is 2. The summed E-state index contributed by atoms with van der Waals surface area (Å²) in [5, 5.41) is 1.62. The lowest BCUT2D eigenvalue weighted by molar-refractivity contribution is -0.132. The molecule has 7 heteroatoms. The summed E-state index contributed by atoms with van der Waals surface area (Å²) < 4.78 is 27.8. The van der Waals surface area contributed by atoms with E-state index in [4.69, 9.17) is 0 Å². The highest BCUT2D eigenvalue weighted by atomic mass is 32.2. The molecule has 3 rings (SSSR count). The van der Waals surface area contributed by atoms with Crippen LogP contribution in [0.1, 0.15) is 13.3 Å². The van der Waals surface area contributed by atoms with E-state index >= 15 is 0 Å². The van der Waals surface area contributed by atoms with Crippen molar-refractivity contribution in [3.63, 3.8) is 0 Å². The minimum absolute atomic E-state index is 0.0151. The molecule has 6 nitrogen and oxygen atoms in total. The van der Waals surface area contributed by atoms with Crippen LogP contribution in [-0.4, -0.2) is 26.8 Å². The fourth-order valence-corrected chi connectivity index (χ4v) is 4.40. The predicted molar refractivity (Wildman–Crippen MR) is 122 cm³/mol. The molecule has 0 aliphatic rings. The normalized spacial score (nSPS) is 12.2. The van der Waals surface area contributed by atoms with Gasteiger partial charge < -0.3 is 4.90 Å². The van der Waals surface area contributed by atoms with E-state index in [9.17, 15) is 18.0 Å². The summed E-state index contributed by atoms with van der Waals surface area (Å²) in [6.07, 6.45) is 1.45. The molecule has 0 saturated heterocycles. The first-order valence-corrected chi connectivity index (χ1v) is 11.4. The molecule has 0 aromatic heterocycles. The Balaban J connectivity index is 1.86. The van der Waals surface area contributed by atoms with E-state index in [0.29, 0.717) is 12.2 Å². The van der Waals surface area contributed by atoms with Crippen molar-refractivity contribution in [3.05, 3.63) is 85.5 Å². The third-order valence-corrected chi connectivity index (χ3v) is 6.28. The molecule has 1 N–H and O–H groups in total. The summed E-state index contributed by atoms with van der Waals surface area (Å²) in [5.41, 5.74) is 0.634. The highest BCUT2D eigenvalue weighted by Gasteiger charge is 2.32. The van der Waals surface area contributed by atoms with Crippen LogP contribution in [0.15, 0.2) is 90.3 Å². The number of para-hydroxylation sites is 1. The number of carbonyl (C=O) groups excluding carboxylic acids is 2. The number of nitrogens with zero attached hydrogens (tertiary/aromatic N) is 1. The number of sulfonamides is 1. The second-order valence-corrected chi connectivity index (χ2v) is 8.66. The zero-order valence-electron chi connectivity index (χ0n) is 17.2. The summed E-state index contributed by atoms with van der Waals surface area (Å²) in [6.45, 7) is 5.74. The topological polar surface area (TPSA) is 83.5 Å². The molecule has 0 heterocycles. The minimum atomic E-state index is -4.15. The van der Waals surface area contributed by atoms with Crippen LogP contribution < -0.4 is 9.62 Å². The summed E-state index contributed by atoms with van der Waals surface area (Å²) in [5.74, 6) is -2.58. The molecule has 160 valence electrons. The fraction of sp³-hybridized carbons (Fsp3) is 0.167. The van der Waals surface area contributed by atoms with Crippen LogP contribution >= 0.6 is 0 Å². The number of hydrogen-bond acceptors (Lipinski definition) is 4. The van der Waals surface area contributed by atoms with Crippen molar-refractivity contribution >= 4 is 38.3 Å². The number of benzene rings is 3. The molecule has 0 spiro atoms. The zero-order chi connectivity index (χ0) is 22.4. The lowest BCUT2D eigenvalue weighted by atomic mass is 10.0. The van der Waals surface area contributed by atoms with Crippen molar-refractivity contribution in [2.75, 3.05) is 11.4 Å². The van der Waals surface area contributed by atoms with Gasteiger partial charge in [-0.25, -0.2) is 13.1 Å². The molecule has 3 aromatic carbocycles. The molecule has 0 radical (unpaired) electrons. The average Bonchev–Trinajstić information content (AvgIpc) is 2.77. The Labute approximate surface area is 182 Å². The van der Waals surface area contributed by atoms with Gasteiger partial charge in [-0.05, 0) is 48.4 Å². The van der Waals surface area contributed by atoms with Crippen molar-refractivity contribution in [1.29, 1.82) is 0 Å². The van der Waals surface area contributed by atoms with Gasteiger partial charge in [-0.1, -0.05) is 54.6 Å². The lowest BCUT2D eigenvalue weighted by Crippen LogP contribution is -2.45. The molecule has 0 aliphatic carbocycles. The van der Waals surface area contributed by atoms with Crippen LogP contribution in [0.4, 0.5) is 5.69 Å². The van der Waals surface area contributed by atoms with Gasteiger partial charge in [-0.15, -0.1) is 6.58 Å². The molecule has 3 aromatic rings. The Morgan fingerprint density at radius 3 is 2.29 bits per heavy atom. The maximum atomic E-state index is 13.1. The van der Waals surface area contributed by atoms with Gasteiger partial charge in [-0.3, -0.25) is 9.59 Å². The Bertz CT molecular complexity index is 1210. The summed E-state index contributed by atoms with van der Waals surface area (Å²) in [6, 6.07) is 20.9. The van der Waals surface area contributed by atoms with Gasteiger partial charge >= 0.3 is 0 Å². The number of amides is 2. The molecule has 1 unspecified atom stereocenters. The first-order valence-electron chi connectivity index (χ1n) is 9.90. The number of rotatable bonds is 8. The van der Waals surface area contributed by atoms with Gasteiger partial charge in [0.05, 0.1) is 4.90 Å². The van der Waals surface area contributed by atoms with Gasteiger partial charge in [0, 0.05) is 12.2 Å². The second kappa shape index (κ2) is 9.57. The number of fused-ring (bicyclic) bond motifs is 1. The van der Waals surface area contributed by atoms with E-state index in [1.807, 2.05) is 18.2 Å². The lowest BCUT2D eigenvalue weighted by Gasteiger charge is -2.25. The molecule has 31 heavy (non-hydrogen) atoms. The van der Waals surface area contributed by atoms with Crippen LogP contribution in [0.2, 0.25) is 0 Å². The molecule has 0 fully saturated rings. The summed E-state index contributed by atoms with van der Waals surface area (Å²) in [4.78, 5) is 27.4. The van der Waals surface area contributed by atoms with Crippen molar-refractivity contribution < 1.29 is 18.0 Å². The van der Waals surface area contributed by atoms with E-state index in [1.165, 1.54) is 23.1 Å². The number of nitrogens with one attached hydrogen (secondary N) is 1. The highest BCUT2D eigenvalue weighted by Crippen LogP contribution is 2.21. The molecule has 1 atom stereocenters. The molecular weight excluding hydrogens is 412 g/mol. The number of hydrogen-bond donors (Lipinski definition) is 1. The van der Waals surface area contributed by atoms with Crippen LogP contribution in [0, 0.1) is 5.92 Å². The van der Waals surface area contributed by atoms with Gasteiger partial charge in [0.2, 0.25) is 11.8 Å². The summed E-state index contributed by atoms with van der Waals surface area (Å²) in [7, 11) is -4.15. The number of anilines is 1. The van der Waals surface area contributed by atoms with Gasteiger partial charge in [0.25, 0.3) is 10.0 Å². The monoisotopic (exact) mass is 436 g/mol. The smallest absolute Gasteiger partial charge is 0.264 e. The first-order chi connectivity index (χ1) is 14.9. The van der Waals surface area contributed by atoms with E-state index in [1.54, 1.807) is 49.4 Å². The Morgan fingerprint density at radius 2 is 1.65 bits per heavy atom. The highest BCUT2D eigenvalue weighted by molar-refractivity contribution is 7.90. The number of allylic oxidation sites excluding steroid dienone is 1. The first kappa shape index (κ1) is 22.2. The summed E-state index contributed by atoms with van der Waals surface area (Å²) >= 11 is 0. The van der Waals surface area contributed by atoms with E-state index in [0.717, 1.165) is 10.8 Å². The fourth-order valence-electron chi connectivity index (χ4n) is 3.35. The van der Waals surface area contributed by atoms with E-state index < -0.39 is 27.8 Å². The van der Waals surface area contributed by atoms with Crippen molar-refractivity contribution in [2.45, 2.75) is 18.2 Å². The Kier molecular flexibility index (Phi) is 6.87. The Morgan fingerprint density at radius 1 is 1.00 bits per heavy atom. The van der Waals surface area contributed by atoms with Gasteiger partial charge in [0.1, 0.15) is 5.92 Å². The molecule has 0 bridgehead atoms. The van der Waals surface area contributed by atoms with E-state index in [-0.39, 0.29) is 11.3 Å². The van der Waals surface area contributed by atoms with Crippen LogP contribution in [0.3, 0.4) is 0 Å². The minimum Gasteiger partial charge on any atom is -0.312 e. The van der Waals surface area contributed by atoms with Gasteiger partial charge in [-0.2, -0.15) is 0 Å². The molecule has 2 amide bonds. The van der Waals surface area contributed by atoms with Crippen LogP contribution in [0.25, 0.3) is 10.8 Å². The quantitative estimate of drug-likeness (QED) is 0.429. The standard InChI is InChI=1S/C24H24N2O4S/c1-3-10-22(24(28)26(4-2)20-13-6-5-7-14-20)23(27)25-31(29,30)21-16-15-18-11-8-9-12-19(18)17-21/h3,5-9,11-17,22H,1,4,10H2,2H3,(H,25,27). The molecule has 0 saturated carbocycles. The van der Waals surface area contributed by atoms with Gasteiger partial charge in [0.15, 0.2) is 0 Å². The average molecular weight is 437 g/mol. The van der Waals surface area contributed by atoms with Crippen LogP contribution in [-0.2, 0) is 19.6 Å². The largest absolute Gasteiger partial charge is 0.312 e. The zero-order valence-corrected chi connectivity index (χ0v) is 18.0. The molecular formula is C24H24N2O4S. The third-order valence-electron chi connectivity index (χ3n) is 4.93.